The topological polar surface area (TPSA) is 40.6 Å². The normalized spacial score (nSPS) is 22.9. The van der Waals surface area contributed by atoms with E-state index in [0.29, 0.717) is 12.4 Å². The van der Waals surface area contributed by atoms with Crippen molar-refractivity contribution in [2.45, 2.75) is 19.5 Å². The Hall–Kier alpha value is -1.49. The van der Waals surface area contributed by atoms with Crippen LogP contribution in [0.5, 0.6) is 0 Å². The number of carbonyl (C=O) groups excluding carboxylic acids is 2. The minimum atomic E-state index is -0.239. The van der Waals surface area contributed by atoms with Gasteiger partial charge in [0.2, 0.25) is 11.8 Å². The first-order valence-electron chi connectivity index (χ1n) is 6.37. The summed E-state index contributed by atoms with van der Waals surface area (Å²) in [6.07, 6.45) is 0. The van der Waals surface area contributed by atoms with Gasteiger partial charge in [0.25, 0.3) is 0 Å². The average molecular weight is 276 g/mol. The Kier molecular flexibility index (Phi) is 3.22. The minimum absolute atomic E-state index is 0.0710. The zero-order chi connectivity index (χ0) is 13.4. The molecule has 1 aromatic rings. The van der Waals surface area contributed by atoms with Crippen LogP contribution in [0.2, 0.25) is 0 Å². The van der Waals surface area contributed by atoms with Crippen molar-refractivity contribution in [2.75, 3.05) is 18.2 Å². The zero-order valence-electron chi connectivity index (χ0n) is 10.8. The fraction of sp³-hybridized carbons (Fsp3) is 0.429. The van der Waals surface area contributed by atoms with Gasteiger partial charge in [-0.1, -0.05) is 29.8 Å². The second kappa shape index (κ2) is 4.89. The molecule has 0 saturated carbocycles. The van der Waals surface area contributed by atoms with Crippen LogP contribution in [0, 0.1) is 6.92 Å². The Bertz CT molecular complexity index is 515. The predicted molar refractivity (Wildman–Crippen MR) is 74.6 cm³/mol. The number of hydrogen-bond donors (Lipinski definition) is 0. The van der Waals surface area contributed by atoms with Gasteiger partial charge < -0.3 is 9.80 Å². The molecule has 100 valence electrons. The molecule has 19 heavy (non-hydrogen) atoms. The third-order valence-corrected chi connectivity index (χ3v) is 4.63. The molecule has 0 aliphatic carbocycles. The number of fused-ring (bicyclic) bond motifs is 1. The maximum Gasteiger partial charge on any atom is 0.247 e. The van der Waals surface area contributed by atoms with Gasteiger partial charge in [0, 0.05) is 12.3 Å². The van der Waals surface area contributed by atoms with E-state index in [9.17, 15) is 9.59 Å². The maximum absolute atomic E-state index is 12.3. The number of piperazine rings is 1. The summed E-state index contributed by atoms with van der Waals surface area (Å²) < 4.78 is 0. The largest absolute Gasteiger partial charge is 0.327 e. The van der Waals surface area contributed by atoms with Crippen molar-refractivity contribution in [1.29, 1.82) is 0 Å². The van der Waals surface area contributed by atoms with Gasteiger partial charge in [-0.05, 0) is 12.5 Å². The van der Waals surface area contributed by atoms with E-state index in [1.165, 1.54) is 5.56 Å². The van der Waals surface area contributed by atoms with Gasteiger partial charge in [-0.15, -0.1) is 11.8 Å². The number of thioether (sulfide) groups is 1. The van der Waals surface area contributed by atoms with Gasteiger partial charge in [0.05, 0.1) is 5.88 Å². The van der Waals surface area contributed by atoms with Gasteiger partial charge >= 0.3 is 0 Å². The summed E-state index contributed by atoms with van der Waals surface area (Å²) in [5.74, 6) is 1.55. The lowest BCUT2D eigenvalue weighted by atomic mass is 10.1. The van der Waals surface area contributed by atoms with Gasteiger partial charge in [-0.25, -0.2) is 0 Å². The molecule has 2 heterocycles. The monoisotopic (exact) mass is 276 g/mol. The summed E-state index contributed by atoms with van der Waals surface area (Å²) in [6.45, 7) is 2.77. The maximum atomic E-state index is 12.3. The highest BCUT2D eigenvalue weighted by atomic mass is 32.2. The van der Waals surface area contributed by atoms with Crippen molar-refractivity contribution >= 4 is 23.6 Å². The van der Waals surface area contributed by atoms with Crippen molar-refractivity contribution in [3.8, 4) is 0 Å². The van der Waals surface area contributed by atoms with Crippen LogP contribution in [0.1, 0.15) is 11.1 Å². The summed E-state index contributed by atoms with van der Waals surface area (Å²) in [6, 6.07) is 7.86. The molecule has 2 aliphatic heterocycles. The molecule has 0 N–H and O–H groups in total. The second-order valence-electron chi connectivity index (χ2n) is 5.06. The fourth-order valence-electron chi connectivity index (χ4n) is 2.48. The van der Waals surface area contributed by atoms with Crippen LogP contribution in [-0.2, 0) is 16.1 Å². The Morgan fingerprint density at radius 3 is 2.74 bits per heavy atom. The highest BCUT2D eigenvalue weighted by Gasteiger charge is 2.42. The summed E-state index contributed by atoms with van der Waals surface area (Å²) in [4.78, 5) is 27.7. The number of hydrogen-bond acceptors (Lipinski definition) is 3. The van der Waals surface area contributed by atoms with Crippen molar-refractivity contribution in [1.82, 2.24) is 9.80 Å². The number of nitrogens with zero attached hydrogens (tertiary/aromatic N) is 2. The van der Waals surface area contributed by atoms with E-state index >= 15 is 0 Å². The Labute approximate surface area is 116 Å². The Balaban J connectivity index is 1.76. The summed E-state index contributed by atoms with van der Waals surface area (Å²) >= 11 is 1.65. The van der Waals surface area contributed by atoms with E-state index in [-0.39, 0.29) is 24.4 Å². The number of benzene rings is 1. The SMILES string of the molecule is Cc1ccc(CN2CC(=O)N3CSC[C@H]3C2=O)cc1. The standard InChI is InChI=1S/C14H16N2O2S/c1-10-2-4-11(5-3-10)6-15-7-13(17)16-9-19-8-12(16)14(15)18/h2-5,12H,6-9H2,1H3/t12-/m0/s1. The Morgan fingerprint density at radius 2 is 2.00 bits per heavy atom. The lowest BCUT2D eigenvalue weighted by Crippen LogP contribution is -2.57. The molecule has 1 aromatic carbocycles. The summed E-state index contributed by atoms with van der Waals surface area (Å²) in [7, 11) is 0. The molecule has 0 spiro atoms. The smallest absolute Gasteiger partial charge is 0.247 e. The molecule has 4 nitrogen and oxygen atoms in total. The molecule has 1 atom stereocenters. The quantitative estimate of drug-likeness (QED) is 0.816. The van der Waals surface area contributed by atoms with E-state index in [2.05, 4.69) is 0 Å². The molecule has 2 saturated heterocycles. The molecule has 3 rings (SSSR count). The molecule has 0 unspecified atom stereocenters. The fourth-order valence-corrected chi connectivity index (χ4v) is 3.66. The molecular weight excluding hydrogens is 260 g/mol. The minimum Gasteiger partial charge on any atom is -0.327 e. The summed E-state index contributed by atoms with van der Waals surface area (Å²) in [5, 5.41) is 0. The third-order valence-electron chi connectivity index (χ3n) is 3.62. The molecule has 2 aliphatic rings. The van der Waals surface area contributed by atoms with Crippen LogP contribution in [0.4, 0.5) is 0 Å². The van der Waals surface area contributed by atoms with Gasteiger partial charge in [-0.2, -0.15) is 0 Å². The van der Waals surface area contributed by atoms with E-state index in [1.807, 2.05) is 31.2 Å². The lowest BCUT2D eigenvalue weighted by Gasteiger charge is -2.35. The molecule has 2 fully saturated rings. The van der Waals surface area contributed by atoms with Crippen LogP contribution in [0.15, 0.2) is 24.3 Å². The average Bonchev–Trinajstić information content (AvgIpc) is 2.88. The zero-order valence-corrected chi connectivity index (χ0v) is 11.7. The first-order valence-corrected chi connectivity index (χ1v) is 7.52. The number of carbonyl (C=O) groups is 2. The van der Waals surface area contributed by atoms with E-state index in [1.54, 1.807) is 21.6 Å². The van der Waals surface area contributed by atoms with Crippen LogP contribution in [-0.4, -0.2) is 45.8 Å². The number of aryl methyl sites for hydroxylation is 1. The molecule has 5 heteroatoms. The van der Waals surface area contributed by atoms with E-state index < -0.39 is 0 Å². The van der Waals surface area contributed by atoms with E-state index in [0.717, 1.165) is 11.3 Å². The van der Waals surface area contributed by atoms with Gasteiger partial charge in [0.1, 0.15) is 12.6 Å². The van der Waals surface area contributed by atoms with Crippen LogP contribution >= 0.6 is 11.8 Å². The van der Waals surface area contributed by atoms with Crippen LogP contribution in [0.25, 0.3) is 0 Å². The van der Waals surface area contributed by atoms with Crippen LogP contribution < -0.4 is 0 Å². The number of rotatable bonds is 2. The highest BCUT2D eigenvalue weighted by molar-refractivity contribution is 7.99. The van der Waals surface area contributed by atoms with Crippen molar-refractivity contribution in [3.63, 3.8) is 0 Å². The Morgan fingerprint density at radius 1 is 1.26 bits per heavy atom. The molecular formula is C14H16N2O2S. The lowest BCUT2D eigenvalue weighted by molar-refractivity contribution is -0.153. The second-order valence-corrected chi connectivity index (χ2v) is 6.06. The first-order chi connectivity index (χ1) is 9.15. The predicted octanol–water partition coefficient (Wildman–Crippen LogP) is 1.24. The molecule has 0 aromatic heterocycles. The first kappa shape index (κ1) is 12.5. The summed E-state index contributed by atoms with van der Waals surface area (Å²) in [5.41, 5.74) is 2.27. The number of amides is 2. The van der Waals surface area contributed by atoms with Crippen molar-refractivity contribution in [2.24, 2.45) is 0 Å². The highest BCUT2D eigenvalue weighted by Crippen LogP contribution is 2.26. The van der Waals surface area contributed by atoms with Gasteiger partial charge in [0.15, 0.2) is 0 Å². The molecule has 2 amide bonds. The molecule has 0 bridgehead atoms. The van der Waals surface area contributed by atoms with Crippen LogP contribution in [0.3, 0.4) is 0 Å². The van der Waals surface area contributed by atoms with Crippen molar-refractivity contribution < 1.29 is 9.59 Å². The van der Waals surface area contributed by atoms with Gasteiger partial charge in [-0.3, -0.25) is 9.59 Å². The van der Waals surface area contributed by atoms with Crippen molar-refractivity contribution in [3.05, 3.63) is 35.4 Å². The van der Waals surface area contributed by atoms with E-state index in [4.69, 9.17) is 0 Å². The third kappa shape index (κ3) is 2.34. The molecule has 0 radical (unpaired) electrons.